The summed E-state index contributed by atoms with van der Waals surface area (Å²) in [6, 6.07) is 14.3. The molecule has 4 heteroatoms. The van der Waals surface area contributed by atoms with Crippen molar-refractivity contribution < 1.29 is 4.74 Å². The zero-order valence-electron chi connectivity index (χ0n) is 12.2. The minimum Gasteiger partial charge on any atom is -0.491 e. The van der Waals surface area contributed by atoms with E-state index in [0.717, 1.165) is 26.9 Å². The Morgan fingerprint density at radius 3 is 2.33 bits per heavy atom. The average molecular weight is 413 g/mol. The van der Waals surface area contributed by atoms with E-state index >= 15 is 0 Å². The summed E-state index contributed by atoms with van der Waals surface area (Å²) >= 11 is 6.94. The Bertz CT molecular complexity index is 582. The minimum absolute atomic E-state index is 0.442. The third kappa shape index (κ3) is 5.04. The van der Waals surface area contributed by atoms with Gasteiger partial charge in [0.2, 0.25) is 0 Å². The van der Waals surface area contributed by atoms with E-state index in [-0.39, 0.29) is 0 Å². The van der Waals surface area contributed by atoms with Crippen molar-refractivity contribution in [3.05, 3.63) is 57.0 Å². The van der Waals surface area contributed by atoms with Crippen LogP contribution in [0.15, 0.2) is 51.4 Å². The van der Waals surface area contributed by atoms with Gasteiger partial charge in [-0.25, -0.2) is 0 Å². The first-order valence-corrected chi connectivity index (χ1v) is 8.56. The second kappa shape index (κ2) is 7.85. The van der Waals surface area contributed by atoms with E-state index in [4.69, 9.17) is 4.74 Å². The van der Waals surface area contributed by atoms with Gasteiger partial charge < -0.3 is 10.1 Å². The fraction of sp³-hybridized carbons (Fsp3) is 0.294. The second-order valence-electron chi connectivity index (χ2n) is 5.12. The summed E-state index contributed by atoms with van der Waals surface area (Å²) in [4.78, 5) is 0. The molecule has 0 saturated heterocycles. The summed E-state index contributed by atoms with van der Waals surface area (Å²) in [5, 5.41) is 3.35. The maximum atomic E-state index is 5.91. The van der Waals surface area contributed by atoms with E-state index < -0.39 is 0 Å². The Balaban J connectivity index is 1.87. The number of hydrogen-bond acceptors (Lipinski definition) is 2. The molecule has 2 aromatic carbocycles. The molecule has 0 aromatic heterocycles. The van der Waals surface area contributed by atoms with Crippen LogP contribution in [0, 0.1) is 0 Å². The smallest absolute Gasteiger partial charge is 0.122 e. The summed E-state index contributed by atoms with van der Waals surface area (Å²) in [5.41, 5.74) is 2.33. The van der Waals surface area contributed by atoms with E-state index in [9.17, 15) is 0 Å². The predicted octanol–water partition coefficient (Wildman–Crippen LogP) is 5.83. The van der Waals surface area contributed by atoms with Crippen LogP contribution in [0.5, 0.6) is 5.75 Å². The highest BCUT2D eigenvalue weighted by atomic mass is 79.9. The number of anilines is 1. The van der Waals surface area contributed by atoms with Crippen LogP contribution < -0.4 is 10.1 Å². The Kier molecular flexibility index (Phi) is 6.12. The molecule has 0 heterocycles. The summed E-state index contributed by atoms with van der Waals surface area (Å²) in [6.07, 6.45) is 0. The van der Waals surface area contributed by atoms with Gasteiger partial charge in [-0.1, -0.05) is 45.7 Å². The van der Waals surface area contributed by atoms with Crippen molar-refractivity contribution in [3.8, 4) is 5.75 Å². The van der Waals surface area contributed by atoms with Gasteiger partial charge in [0.05, 0.1) is 0 Å². The fourth-order valence-electron chi connectivity index (χ4n) is 2.03. The molecule has 112 valence electrons. The van der Waals surface area contributed by atoms with Crippen molar-refractivity contribution in [3.63, 3.8) is 0 Å². The van der Waals surface area contributed by atoms with Gasteiger partial charge in [0, 0.05) is 21.2 Å². The zero-order valence-corrected chi connectivity index (χ0v) is 15.4. The molecule has 0 saturated carbocycles. The van der Waals surface area contributed by atoms with Gasteiger partial charge >= 0.3 is 0 Å². The van der Waals surface area contributed by atoms with E-state index in [1.165, 1.54) is 5.56 Å². The van der Waals surface area contributed by atoms with Crippen LogP contribution in [-0.4, -0.2) is 13.2 Å². The Labute approximate surface area is 143 Å². The summed E-state index contributed by atoms with van der Waals surface area (Å²) in [6.45, 7) is 5.76. The van der Waals surface area contributed by atoms with Crippen LogP contribution in [0.3, 0.4) is 0 Å². The van der Waals surface area contributed by atoms with Crippen LogP contribution in [0.1, 0.15) is 25.3 Å². The SMILES string of the molecule is CC(C)c1cc(Br)ccc1OCCNc1ccc(Br)cc1. The fourth-order valence-corrected chi connectivity index (χ4v) is 2.67. The van der Waals surface area contributed by atoms with Crippen molar-refractivity contribution >= 4 is 37.5 Å². The molecule has 1 N–H and O–H groups in total. The maximum absolute atomic E-state index is 5.91. The second-order valence-corrected chi connectivity index (χ2v) is 6.95. The monoisotopic (exact) mass is 411 g/mol. The van der Waals surface area contributed by atoms with E-state index in [2.05, 4.69) is 57.1 Å². The molecule has 0 amide bonds. The third-order valence-electron chi connectivity index (χ3n) is 3.13. The number of nitrogens with one attached hydrogen (secondary N) is 1. The van der Waals surface area contributed by atoms with Gasteiger partial charge in [0.1, 0.15) is 12.4 Å². The van der Waals surface area contributed by atoms with Crippen molar-refractivity contribution in [2.24, 2.45) is 0 Å². The van der Waals surface area contributed by atoms with Crippen molar-refractivity contribution in [2.75, 3.05) is 18.5 Å². The molecule has 0 bridgehead atoms. The Morgan fingerprint density at radius 1 is 1.00 bits per heavy atom. The third-order valence-corrected chi connectivity index (χ3v) is 4.15. The highest BCUT2D eigenvalue weighted by Crippen LogP contribution is 2.29. The van der Waals surface area contributed by atoms with Crippen LogP contribution >= 0.6 is 31.9 Å². The molecular weight excluding hydrogens is 394 g/mol. The molecule has 0 aliphatic carbocycles. The molecule has 0 aliphatic rings. The quantitative estimate of drug-likeness (QED) is 0.603. The predicted molar refractivity (Wildman–Crippen MR) is 96.4 cm³/mol. The molecule has 2 nitrogen and oxygen atoms in total. The Morgan fingerprint density at radius 2 is 1.67 bits per heavy atom. The van der Waals surface area contributed by atoms with Gasteiger partial charge in [0.25, 0.3) is 0 Å². The van der Waals surface area contributed by atoms with Gasteiger partial charge in [-0.2, -0.15) is 0 Å². The van der Waals surface area contributed by atoms with Crippen molar-refractivity contribution in [1.82, 2.24) is 0 Å². The summed E-state index contributed by atoms with van der Waals surface area (Å²) in [5.74, 6) is 1.41. The summed E-state index contributed by atoms with van der Waals surface area (Å²) < 4.78 is 8.08. The molecule has 0 unspecified atom stereocenters. The molecule has 0 fully saturated rings. The molecular formula is C17H19Br2NO. The van der Waals surface area contributed by atoms with Gasteiger partial charge in [-0.15, -0.1) is 0 Å². The van der Waals surface area contributed by atoms with Gasteiger partial charge in [0.15, 0.2) is 0 Å². The molecule has 0 atom stereocenters. The topological polar surface area (TPSA) is 21.3 Å². The van der Waals surface area contributed by atoms with Crippen molar-refractivity contribution in [2.45, 2.75) is 19.8 Å². The molecule has 21 heavy (non-hydrogen) atoms. The molecule has 2 rings (SSSR count). The molecule has 0 spiro atoms. The van der Waals surface area contributed by atoms with E-state index in [1.807, 2.05) is 36.4 Å². The van der Waals surface area contributed by atoms with Crippen LogP contribution in [0.2, 0.25) is 0 Å². The largest absolute Gasteiger partial charge is 0.491 e. The normalized spacial score (nSPS) is 10.7. The summed E-state index contributed by atoms with van der Waals surface area (Å²) in [7, 11) is 0. The van der Waals surface area contributed by atoms with Crippen LogP contribution in [-0.2, 0) is 0 Å². The first-order chi connectivity index (χ1) is 10.1. The standard InChI is InChI=1S/C17H19Br2NO/c1-12(2)16-11-14(19)5-8-17(16)21-10-9-20-15-6-3-13(18)4-7-15/h3-8,11-12,20H,9-10H2,1-2H3. The molecule has 0 radical (unpaired) electrons. The zero-order chi connectivity index (χ0) is 15.2. The highest BCUT2D eigenvalue weighted by Gasteiger charge is 2.08. The van der Waals surface area contributed by atoms with Crippen LogP contribution in [0.25, 0.3) is 0 Å². The number of halogens is 2. The van der Waals surface area contributed by atoms with Gasteiger partial charge in [-0.05, 0) is 53.9 Å². The lowest BCUT2D eigenvalue weighted by Crippen LogP contribution is -2.12. The first-order valence-electron chi connectivity index (χ1n) is 6.98. The number of ether oxygens (including phenoxy) is 1. The maximum Gasteiger partial charge on any atom is 0.122 e. The van der Waals surface area contributed by atoms with Crippen LogP contribution in [0.4, 0.5) is 5.69 Å². The lowest BCUT2D eigenvalue weighted by atomic mass is 10.0. The average Bonchev–Trinajstić information content (AvgIpc) is 2.46. The molecule has 2 aromatic rings. The number of hydrogen-bond donors (Lipinski definition) is 1. The lowest BCUT2D eigenvalue weighted by Gasteiger charge is -2.15. The molecule has 0 aliphatic heterocycles. The first kappa shape index (κ1) is 16.4. The minimum atomic E-state index is 0.442. The Hall–Kier alpha value is -1.000. The van der Waals surface area contributed by atoms with E-state index in [0.29, 0.717) is 12.5 Å². The van der Waals surface area contributed by atoms with Gasteiger partial charge in [-0.3, -0.25) is 0 Å². The highest BCUT2D eigenvalue weighted by molar-refractivity contribution is 9.10. The van der Waals surface area contributed by atoms with Crippen molar-refractivity contribution in [1.29, 1.82) is 0 Å². The number of rotatable bonds is 6. The number of benzene rings is 2. The van der Waals surface area contributed by atoms with E-state index in [1.54, 1.807) is 0 Å². The lowest BCUT2D eigenvalue weighted by molar-refractivity contribution is 0.328.